The lowest BCUT2D eigenvalue weighted by molar-refractivity contribution is -0.0479. The minimum Gasteiger partial charge on any atom is -0.348 e. The predicted molar refractivity (Wildman–Crippen MR) is 56.9 cm³/mol. The Morgan fingerprint density at radius 1 is 1.50 bits per heavy atom. The first-order valence-electron chi connectivity index (χ1n) is 5.01. The molecule has 76 valence electrons. The minimum absolute atomic E-state index is 0.691. The standard InChI is InChI=1S/C9H14N4S/c14-12-4-7-3-8(5-12)13(7)6-9-10-1-2-11-9/h1-2,7-8,14H,3-6H2,(H,10,11). The van der Waals surface area contributed by atoms with Crippen LogP contribution >= 0.6 is 12.8 Å². The van der Waals surface area contributed by atoms with E-state index in [0.29, 0.717) is 12.1 Å². The highest BCUT2D eigenvalue weighted by molar-refractivity contribution is 7.77. The van der Waals surface area contributed by atoms with Crippen LogP contribution in [-0.2, 0) is 6.54 Å². The highest BCUT2D eigenvalue weighted by Gasteiger charge is 2.43. The first-order valence-corrected chi connectivity index (χ1v) is 5.41. The number of aromatic nitrogens is 2. The number of rotatable bonds is 2. The summed E-state index contributed by atoms with van der Waals surface area (Å²) in [5.41, 5.74) is 0. The summed E-state index contributed by atoms with van der Waals surface area (Å²) in [6.07, 6.45) is 5.03. The average Bonchev–Trinajstić information content (AvgIpc) is 2.66. The number of hydrogen-bond donors (Lipinski definition) is 2. The normalized spacial score (nSPS) is 32.9. The molecule has 0 spiro atoms. The molecule has 4 heterocycles. The quantitative estimate of drug-likeness (QED) is 0.698. The Bertz CT molecular complexity index is 301. The van der Waals surface area contributed by atoms with E-state index in [2.05, 4.69) is 32.0 Å². The molecule has 3 aliphatic heterocycles. The predicted octanol–water partition coefficient (Wildman–Crippen LogP) is 0.513. The fourth-order valence-electron chi connectivity index (χ4n) is 2.48. The van der Waals surface area contributed by atoms with Gasteiger partial charge in [-0.15, -0.1) is 0 Å². The van der Waals surface area contributed by atoms with E-state index in [1.165, 1.54) is 6.42 Å². The molecule has 4 rings (SSSR count). The van der Waals surface area contributed by atoms with Crippen molar-refractivity contribution in [2.75, 3.05) is 13.1 Å². The fraction of sp³-hybridized carbons (Fsp3) is 0.667. The molecule has 2 atom stereocenters. The number of piperidine rings is 1. The second kappa shape index (κ2) is 3.25. The monoisotopic (exact) mass is 210 g/mol. The van der Waals surface area contributed by atoms with E-state index in [-0.39, 0.29) is 0 Å². The topological polar surface area (TPSA) is 35.2 Å². The molecule has 3 aliphatic rings. The number of H-pyrrole nitrogens is 1. The van der Waals surface area contributed by atoms with Crippen LogP contribution in [0.25, 0.3) is 0 Å². The van der Waals surface area contributed by atoms with Crippen LogP contribution in [0.3, 0.4) is 0 Å². The summed E-state index contributed by atoms with van der Waals surface area (Å²) in [6, 6.07) is 1.38. The number of piperazine rings is 1. The molecule has 4 nitrogen and oxygen atoms in total. The number of thiol groups is 1. The highest BCUT2D eigenvalue weighted by atomic mass is 32.1. The van der Waals surface area contributed by atoms with E-state index in [0.717, 1.165) is 25.5 Å². The van der Waals surface area contributed by atoms with Crippen LogP contribution < -0.4 is 0 Å². The number of hydrogen-bond acceptors (Lipinski definition) is 4. The number of aromatic amines is 1. The molecule has 3 saturated heterocycles. The summed E-state index contributed by atoms with van der Waals surface area (Å²) in [5.74, 6) is 1.08. The Morgan fingerprint density at radius 3 is 2.93 bits per heavy atom. The van der Waals surface area contributed by atoms with Gasteiger partial charge in [0.05, 0.1) is 6.54 Å². The summed E-state index contributed by atoms with van der Waals surface area (Å²) >= 11 is 4.39. The van der Waals surface area contributed by atoms with Gasteiger partial charge in [-0.3, -0.25) is 9.21 Å². The Morgan fingerprint density at radius 2 is 2.29 bits per heavy atom. The van der Waals surface area contributed by atoms with Crippen molar-refractivity contribution in [1.82, 2.24) is 19.2 Å². The molecule has 0 radical (unpaired) electrons. The van der Waals surface area contributed by atoms with Crippen LogP contribution in [0.4, 0.5) is 0 Å². The maximum atomic E-state index is 4.39. The van der Waals surface area contributed by atoms with Gasteiger partial charge in [-0.05, 0) is 6.42 Å². The van der Waals surface area contributed by atoms with Crippen molar-refractivity contribution >= 4 is 12.8 Å². The maximum Gasteiger partial charge on any atom is 0.120 e. The smallest absolute Gasteiger partial charge is 0.120 e. The van der Waals surface area contributed by atoms with Crippen LogP contribution in [0, 0.1) is 0 Å². The second-order valence-electron chi connectivity index (χ2n) is 4.12. The largest absolute Gasteiger partial charge is 0.348 e. The van der Waals surface area contributed by atoms with Gasteiger partial charge in [0.1, 0.15) is 5.82 Å². The third-order valence-corrected chi connectivity index (χ3v) is 3.54. The number of nitrogens with one attached hydrogen (secondary N) is 1. The molecule has 5 heteroatoms. The molecule has 0 aliphatic carbocycles. The molecule has 3 fully saturated rings. The van der Waals surface area contributed by atoms with Crippen LogP contribution in [0.15, 0.2) is 12.4 Å². The van der Waals surface area contributed by atoms with Gasteiger partial charge in [0, 0.05) is 37.6 Å². The molecule has 1 aromatic heterocycles. The summed E-state index contributed by atoms with van der Waals surface area (Å²) in [5, 5.41) is 0. The Labute approximate surface area is 88.8 Å². The van der Waals surface area contributed by atoms with Crippen LogP contribution in [-0.4, -0.2) is 44.3 Å². The van der Waals surface area contributed by atoms with Crippen molar-refractivity contribution in [2.45, 2.75) is 25.0 Å². The van der Waals surface area contributed by atoms with Gasteiger partial charge in [-0.25, -0.2) is 4.98 Å². The van der Waals surface area contributed by atoms with Gasteiger partial charge in [0.2, 0.25) is 0 Å². The van der Waals surface area contributed by atoms with Crippen LogP contribution in [0.5, 0.6) is 0 Å². The SMILES string of the molecule is SN1CC2CC(C1)N2Cc1ncc[nH]1. The highest BCUT2D eigenvalue weighted by Crippen LogP contribution is 2.33. The molecule has 2 bridgehead atoms. The number of fused-ring (bicyclic) bond motifs is 2. The van der Waals surface area contributed by atoms with Gasteiger partial charge >= 0.3 is 0 Å². The lowest BCUT2D eigenvalue weighted by atomic mass is 9.89. The van der Waals surface area contributed by atoms with Crippen LogP contribution in [0.2, 0.25) is 0 Å². The molecule has 1 aromatic rings. The van der Waals surface area contributed by atoms with E-state index in [9.17, 15) is 0 Å². The van der Waals surface area contributed by atoms with E-state index < -0.39 is 0 Å². The molecule has 1 N–H and O–H groups in total. The number of nitrogens with zero attached hydrogens (tertiary/aromatic N) is 3. The zero-order valence-corrected chi connectivity index (χ0v) is 8.82. The average molecular weight is 210 g/mol. The van der Waals surface area contributed by atoms with Crippen molar-refractivity contribution in [1.29, 1.82) is 0 Å². The van der Waals surface area contributed by atoms with Gasteiger partial charge in [0.25, 0.3) is 0 Å². The van der Waals surface area contributed by atoms with E-state index in [4.69, 9.17) is 0 Å². The molecule has 2 unspecified atom stereocenters. The van der Waals surface area contributed by atoms with Gasteiger partial charge < -0.3 is 4.98 Å². The van der Waals surface area contributed by atoms with E-state index in [1.54, 1.807) is 0 Å². The Kier molecular flexibility index (Phi) is 2.04. The molecule has 14 heavy (non-hydrogen) atoms. The first-order chi connectivity index (χ1) is 6.83. The number of imidazole rings is 1. The van der Waals surface area contributed by atoms with Crippen molar-refractivity contribution < 1.29 is 0 Å². The van der Waals surface area contributed by atoms with Crippen LogP contribution in [0.1, 0.15) is 12.2 Å². The summed E-state index contributed by atoms with van der Waals surface area (Å²) in [7, 11) is 0. The molecular weight excluding hydrogens is 196 g/mol. The fourth-order valence-corrected chi connectivity index (χ4v) is 2.86. The first kappa shape index (κ1) is 8.76. The van der Waals surface area contributed by atoms with Crippen molar-refractivity contribution in [3.8, 4) is 0 Å². The lowest BCUT2D eigenvalue weighted by Gasteiger charge is -2.55. The zero-order chi connectivity index (χ0) is 9.54. The Hall–Kier alpha value is -0.520. The van der Waals surface area contributed by atoms with Gasteiger partial charge in [-0.1, -0.05) is 12.8 Å². The van der Waals surface area contributed by atoms with Gasteiger partial charge in [0.15, 0.2) is 0 Å². The summed E-state index contributed by atoms with van der Waals surface area (Å²) in [4.78, 5) is 9.93. The van der Waals surface area contributed by atoms with Gasteiger partial charge in [-0.2, -0.15) is 0 Å². The van der Waals surface area contributed by atoms with Crippen molar-refractivity contribution in [3.05, 3.63) is 18.2 Å². The van der Waals surface area contributed by atoms with Crippen molar-refractivity contribution in [2.24, 2.45) is 0 Å². The lowest BCUT2D eigenvalue weighted by Crippen LogP contribution is -2.66. The maximum absolute atomic E-state index is 4.39. The molecule has 0 aromatic carbocycles. The Balaban J connectivity index is 1.66. The van der Waals surface area contributed by atoms with E-state index in [1.807, 2.05) is 12.4 Å². The third-order valence-electron chi connectivity index (χ3n) is 3.21. The summed E-state index contributed by atoms with van der Waals surface area (Å²) < 4.78 is 2.12. The third kappa shape index (κ3) is 1.36. The summed E-state index contributed by atoms with van der Waals surface area (Å²) in [6.45, 7) is 3.13. The zero-order valence-electron chi connectivity index (χ0n) is 7.93. The molecule has 0 saturated carbocycles. The van der Waals surface area contributed by atoms with E-state index >= 15 is 0 Å². The second-order valence-corrected chi connectivity index (χ2v) is 4.69. The van der Waals surface area contributed by atoms with Crippen molar-refractivity contribution in [3.63, 3.8) is 0 Å². The molecular formula is C9H14N4S. The minimum atomic E-state index is 0.691. The molecule has 0 amide bonds.